The monoisotopic (exact) mass is 372 g/mol. The Labute approximate surface area is 167 Å². The van der Waals surface area contributed by atoms with Gasteiger partial charge in [0.05, 0.1) is 0 Å². The Morgan fingerprint density at radius 1 is 1.04 bits per heavy atom. The fourth-order valence-corrected chi connectivity index (χ4v) is 3.34. The fourth-order valence-electron chi connectivity index (χ4n) is 3.34. The standard InChI is InChI=1S/C23H40N4/c1-5-10-22(4)27-18-9-17-26(16-8-13-24-15-20-27)19-14-25-21-23(11-6-2)12-7-3/h5-7,10-12,24-25H,1-2,8-9,13-21H2,3-4H3/b12-7-,22-10+,23-11+. The van der Waals surface area contributed by atoms with Gasteiger partial charge in [-0.2, -0.15) is 0 Å². The SMILES string of the molecule is C=C/C=C(\C=C/C)CNCCN1CCCNCCN(/C(C)=C/C=C)CCC1. The summed E-state index contributed by atoms with van der Waals surface area (Å²) in [5.74, 6) is 0. The minimum absolute atomic E-state index is 0.894. The molecule has 0 unspecified atom stereocenters. The van der Waals surface area contributed by atoms with E-state index in [4.69, 9.17) is 0 Å². The molecule has 152 valence electrons. The average Bonchev–Trinajstić information content (AvgIpc) is 2.70. The molecule has 1 fully saturated rings. The van der Waals surface area contributed by atoms with E-state index in [-0.39, 0.29) is 0 Å². The molecule has 0 aliphatic carbocycles. The molecule has 4 heteroatoms. The van der Waals surface area contributed by atoms with Gasteiger partial charge in [0, 0.05) is 45.0 Å². The number of hydrogen-bond donors (Lipinski definition) is 2. The highest BCUT2D eigenvalue weighted by atomic mass is 15.2. The lowest BCUT2D eigenvalue weighted by molar-refractivity contribution is 0.253. The number of allylic oxidation sites excluding steroid dienone is 6. The van der Waals surface area contributed by atoms with Gasteiger partial charge < -0.3 is 20.4 Å². The van der Waals surface area contributed by atoms with Gasteiger partial charge >= 0.3 is 0 Å². The summed E-state index contributed by atoms with van der Waals surface area (Å²) in [6.45, 7) is 21.5. The minimum Gasteiger partial charge on any atom is -0.374 e. The third-order valence-corrected chi connectivity index (χ3v) is 4.79. The Morgan fingerprint density at radius 2 is 1.81 bits per heavy atom. The highest BCUT2D eigenvalue weighted by molar-refractivity contribution is 5.23. The first-order chi connectivity index (χ1) is 13.2. The Hall–Kier alpha value is -1.62. The van der Waals surface area contributed by atoms with Crippen LogP contribution in [0.5, 0.6) is 0 Å². The molecule has 0 amide bonds. The van der Waals surface area contributed by atoms with Crippen LogP contribution in [-0.2, 0) is 0 Å². The summed E-state index contributed by atoms with van der Waals surface area (Å²) in [6, 6.07) is 0. The van der Waals surface area contributed by atoms with Gasteiger partial charge in [0.25, 0.3) is 0 Å². The third kappa shape index (κ3) is 11.0. The lowest BCUT2D eigenvalue weighted by atomic mass is 10.2. The lowest BCUT2D eigenvalue weighted by Gasteiger charge is -2.27. The van der Waals surface area contributed by atoms with E-state index in [1.807, 2.05) is 12.2 Å². The van der Waals surface area contributed by atoms with E-state index in [2.05, 4.69) is 71.7 Å². The van der Waals surface area contributed by atoms with Gasteiger partial charge in [0.15, 0.2) is 0 Å². The van der Waals surface area contributed by atoms with E-state index in [1.165, 1.54) is 30.7 Å². The van der Waals surface area contributed by atoms with Crippen molar-refractivity contribution in [2.45, 2.75) is 26.7 Å². The van der Waals surface area contributed by atoms with Gasteiger partial charge in [0.2, 0.25) is 0 Å². The predicted octanol–water partition coefficient (Wildman–Crippen LogP) is 3.34. The molecule has 0 spiro atoms. The zero-order valence-corrected chi connectivity index (χ0v) is 17.6. The van der Waals surface area contributed by atoms with Crippen LogP contribution in [-0.4, -0.2) is 68.7 Å². The van der Waals surface area contributed by atoms with Crippen molar-refractivity contribution in [1.82, 2.24) is 20.4 Å². The molecule has 1 heterocycles. The van der Waals surface area contributed by atoms with Gasteiger partial charge in [-0.1, -0.05) is 43.5 Å². The second kappa shape index (κ2) is 15.4. The molecule has 0 aromatic carbocycles. The van der Waals surface area contributed by atoms with Crippen molar-refractivity contribution in [2.75, 3.05) is 58.9 Å². The summed E-state index contributed by atoms with van der Waals surface area (Å²) in [7, 11) is 0. The van der Waals surface area contributed by atoms with Crippen LogP contribution in [0.4, 0.5) is 0 Å². The first kappa shape index (κ1) is 23.4. The lowest BCUT2D eigenvalue weighted by Crippen LogP contribution is -2.35. The van der Waals surface area contributed by atoms with E-state index in [1.54, 1.807) is 0 Å². The van der Waals surface area contributed by atoms with Crippen LogP contribution < -0.4 is 10.6 Å². The highest BCUT2D eigenvalue weighted by Crippen LogP contribution is 2.06. The minimum atomic E-state index is 0.894. The normalized spacial score (nSPS) is 19.1. The summed E-state index contributed by atoms with van der Waals surface area (Å²) < 4.78 is 0. The second-order valence-electron chi connectivity index (χ2n) is 6.98. The van der Waals surface area contributed by atoms with E-state index in [9.17, 15) is 0 Å². The molecular weight excluding hydrogens is 332 g/mol. The van der Waals surface area contributed by atoms with Crippen LogP contribution in [0.15, 0.2) is 60.9 Å². The molecule has 1 aliphatic rings. The Morgan fingerprint density at radius 3 is 2.56 bits per heavy atom. The highest BCUT2D eigenvalue weighted by Gasteiger charge is 2.10. The van der Waals surface area contributed by atoms with Gasteiger partial charge in [-0.05, 0) is 58.0 Å². The largest absolute Gasteiger partial charge is 0.374 e. The third-order valence-electron chi connectivity index (χ3n) is 4.79. The maximum Gasteiger partial charge on any atom is 0.0300 e. The molecule has 27 heavy (non-hydrogen) atoms. The van der Waals surface area contributed by atoms with Gasteiger partial charge in [-0.3, -0.25) is 0 Å². The first-order valence-electron chi connectivity index (χ1n) is 10.3. The number of rotatable bonds is 9. The molecule has 2 N–H and O–H groups in total. The molecule has 4 nitrogen and oxygen atoms in total. The molecule has 1 rings (SSSR count). The van der Waals surface area contributed by atoms with Crippen molar-refractivity contribution < 1.29 is 0 Å². The Balaban J connectivity index is 2.45. The number of nitrogens with one attached hydrogen (secondary N) is 2. The van der Waals surface area contributed by atoms with E-state index >= 15 is 0 Å². The van der Waals surface area contributed by atoms with Crippen LogP contribution in [0.1, 0.15) is 26.7 Å². The number of hydrogen-bond acceptors (Lipinski definition) is 4. The van der Waals surface area contributed by atoms with Crippen molar-refractivity contribution >= 4 is 0 Å². The molecular formula is C23H40N4. The maximum atomic E-state index is 3.83. The van der Waals surface area contributed by atoms with Crippen LogP contribution in [0.2, 0.25) is 0 Å². The average molecular weight is 373 g/mol. The topological polar surface area (TPSA) is 30.5 Å². The van der Waals surface area contributed by atoms with Gasteiger partial charge in [0.1, 0.15) is 0 Å². The van der Waals surface area contributed by atoms with Crippen molar-refractivity contribution in [2.24, 2.45) is 0 Å². The fraction of sp³-hybridized carbons (Fsp3) is 0.565. The summed E-state index contributed by atoms with van der Waals surface area (Å²) >= 11 is 0. The summed E-state index contributed by atoms with van der Waals surface area (Å²) in [6.07, 6.45) is 14.5. The van der Waals surface area contributed by atoms with Crippen molar-refractivity contribution in [1.29, 1.82) is 0 Å². The van der Waals surface area contributed by atoms with Crippen LogP contribution in [0.25, 0.3) is 0 Å². The summed E-state index contributed by atoms with van der Waals surface area (Å²) in [4.78, 5) is 5.07. The quantitative estimate of drug-likeness (QED) is 0.480. The molecule has 1 aliphatic heterocycles. The molecule has 0 aromatic heterocycles. The summed E-state index contributed by atoms with van der Waals surface area (Å²) in [5.41, 5.74) is 2.58. The molecule has 0 atom stereocenters. The smallest absolute Gasteiger partial charge is 0.0300 e. The van der Waals surface area contributed by atoms with Crippen molar-refractivity contribution in [3.63, 3.8) is 0 Å². The summed E-state index contributed by atoms with van der Waals surface area (Å²) in [5, 5.41) is 7.15. The first-order valence-corrected chi connectivity index (χ1v) is 10.3. The van der Waals surface area contributed by atoms with Crippen LogP contribution in [0, 0.1) is 0 Å². The van der Waals surface area contributed by atoms with E-state index in [0.29, 0.717) is 0 Å². The van der Waals surface area contributed by atoms with Gasteiger partial charge in [-0.25, -0.2) is 0 Å². The van der Waals surface area contributed by atoms with Gasteiger partial charge in [-0.15, -0.1) is 0 Å². The maximum absolute atomic E-state index is 3.83. The molecule has 0 saturated carbocycles. The zero-order chi connectivity index (χ0) is 19.7. The van der Waals surface area contributed by atoms with Crippen molar-refractivity contribution in [3.05, 3.63) is 60.9 Å². The second-order valence-corrected chi connectivity index (χ2v) is 6.98. The predicted molar refractivity (Wildman–Crippen MR) is 120 cm³/mol. The Kier molecular flexibility index (Phi) is 13.4. The molecule has 0 aromatic rings. The zero-order valence-electron chi connectivity index (χ0n) is 17.6. The van der Waals surface area contributed by atoms with E-state index in [0.717, 1.165) is 52.4 Å². The molecule has 1 saturated heterocycles. The molecule has 0 bridgehead atoms. The van der Waals surface area contributed by atoms with E-state index < -0.39 is 0 Å². The molecule has 0 radical (unpaired) electrons. The van der Waals surface area contributed by atoms with Crippen LogP contribution in [0.3, 0.4) is 0 Å². The Bertz CT molecular complexity index is 505. The van der Waals surface area contributed by atoms with Crippen molar-refractivity contribution in [3.8, 4) is 0 Å². The number of nitrogens with zero attached hydrogens (tertiary/aromatic N) is 2. The van der Waals surface area contributed by atoms with Crippen LogP contribution >= 0.6 is 0 Å².